The Labute approximate surface area is 254 Å². The Kier molecular flexibility index (Phi) is 16.2. The predicted molar refractivity (Wildman–Crippen MR) is 157 cm³/mol. The van der Waals surface area contributed by atoms with E-state index in [4.69, 9.17) is 29.2 Å². The van der Waals surface area contributed by atoms with Gasteiger partial charge in [-0.25, -0.2) is 28.8 Å². The van der Waals surface area contributed by atoms with E-state index < -0.39 is 35.8 Å². The largest absolute Gasteiger partial charge is 0.478 e. The molecule has 0 unspecified atom stereocenters. The molecule has 0 aromatic heterocycles. The molecule has 12 nitrogen and oxygen atoms in total. The van der Waals surface area contributed by atoms with Gasteiger partial charge in [-0.2, -0.15) is 0 Å². The van der Waals surface area contributed by atoms with Crippen molar-refractivity contribution in [3.63, 3.8) is 0 Å². The molecule has 3 aromatic rings. The first-order valence-corrected chi connectivity index (χ1v) is 13.4. The number of hydrogen-bond acceptors (Lipinski definition) is 10. The summed E-state index contributed by atoms with van der Waals surface area (Å²) in [6, 6.07) is 17.4. The molecule has 0 aliphatic carbocycles. The first-order valence-electron chi connectivity index (χ1n) is 13.4. The fourth-order valence-corrected chi connectivity index (χ4v) is 3.10. The van der Waals surface area contributed by atoms with Gasteiger partial charge in [-0.05, 0) is 100 Å². The summed E-state index contributed by atoms with van der Waals surface area (Å²) >= 11 is 0. The van der Waals surface area contributed by atoms with E-state index in [1.54, 1.807) is 76.2 Å². The normalized spacial score (nSPS) is 9.55. The quantitative estimate of drug-likeness (QED) is 0.228. The van der Waals surface area contributed by atoms with Gasteiger partial charge in [0.15, 0.2) is 0 Å². The molecule has 0 atom stereocenters. The Morgan fingerprint density at radius 1 is 0.386 bits per heavy atom. The van der Waals surface area contributed by atoms with Gasteiger partial charge in [0, 0.05) is 0 Å². The summed E-state index contributed by atoms with van der Waals surface area (Å²) in [6.45, 7) is 8.29. The SMILES string of the molecule is CCOC(=O)c1ccc(C(=O)OCC)cc1.CCOC(=O)c1ccc(C(=O)OCC)cc1.O=C(O)c1ccc(C(=O)O)cc1. The fourth-order valence-electron chi connectivity index (χ4n) is 3.10. The molecule has 44 heavy (non-hydrogen) atoms. The van der Waals surface area contributed by atoms with Gasteiger partial charge in [0.1, 0.15) is 0 Å². The number of ether oxygens (including phenoxy) is 4. The molecule has 2 N–H and O–H groups in total. The van der Waals surface area contributed by atoms with Gasteiger partial charge in [0.25, 0.3) is 0 Å². The highest BCUT2D eigenvalue weighted by Crippen LogP contribution is 2.09. The van der Waals surface area contributed by atoms with Crippen LogP contribution >= 0.6 is 0 Å². The second kappa shape index (κ2) is 19.6. The highest BCUT2D eigenvalue weighted by Gasteiger charge is 2.11. The number of rotatable bonds is 10. The van der Waals surface area contributed by atoms with Crippen LogP contribution in [0.15, 0.2) is 72.8 Å². The highest BCUT2D eigenvalue weighted by atomic mass is 16.5. The minimum Gasteiger partial charge on any atom is -0.478 e. The van der Waals surface area contributed by atoms with E-state index in [0.717, 1.165) is 0 Å². The highest BCUT2D eigenvalue weighted by molar-refractivity contribution is 5.94. The summed E-state index contributed by atoms with van der Waals surface area (Å²) in [7, 11) is 0. The van der Waals surface area contributed by atoms with Gasteiger partial charge in [-0.1, -0.05) is 0 Å². The van der Waals surface area contributed by atoms with Gasteiger partial charge in [0.05, 0.1) is 59.8 Å². The van der Waals surface area contributed by atoms with Gasteiger partial charge in [-0.15, -0.1) is 0 Å². The number of carboxylic acid groups (broad SMARTS) is 2. The third-order valence-corrected chi connectivity index (χ3v) is 5.19. The minimum absolute atomic E-state index is 0.0833. The van der Waals surface area contributed by atoms with Crippen molar-refractivity contribution in [1.29, 1.82) is 0 Å². The molecule has 0 aliphatic heterocycles. The van der Waals surface area contributed by atoms with Gasteiger partial charge >= 0.3 is 35.8 Å². The lowest BCUT2D eigenvalue weighted by Crippen LogP contribution is -2.07. The second-order valence-electron chi connectivity index (χ2n) is 8.22. The number of carbonyl (C=O) groups is 6. The van der Waals surface area contributed by atoms with Crippen molar-refractivity contribution in [1.82, 2.24) is 0 Å². The van der Waals surface area contributed by atoms with E-state index in [9.17, 15) is 28.8 Å². The monoisotopic (exact) mass is 610 g/mol. The number of carboxylic acids is 2. The number of esters is 4. The van der Waals surface area contributed by atoms with Crippen LogP contribution in [0.2, 0.25) is 0 Å². The standard InChI is InChI=1S/2C12H14O4.C8H6O4/c2*1-3-15-11(13)9-5-7-10(8-6-9)12(14)16-4-2;9-7(10)5-1-2-6(4-3-5)8(11)12/h2*5-8H,3-4H2,1-2H3;1-4H,(H,9,10)(H,11,12). The van der Waals surface area contributed by atoms with Crippen molar-refractivity contribution < 1.29 is 57.9 Å². The molecule has 0 heterocycles. The predicted octanol–water partition coefficient (Wildman–Crippen LogP) is 5.16. The zero-order valence-corrected chi connectivity index (χ0v) is 24.7. The molecule has 0 aliphatic rings. The van der Waals surface area contributed by atoms with E-state index in [-0.39, 0.29) is 11.1 Å². The summed E-state index contributed by atoms with van der Waals surface area (Å²) < 4.78 is 19.3. The third kappa shape index (κ3) is 12.6. The average Bonchev–Trinajstić information content (AvgIpc) is 3.02. The van der Waals surface area contributed by atoms with Crippen LogP contribution in [0.1, 0.15) is 89.8 Å². The van der Waals surface area contributed by atoms with Crippen molar-refractivity contribution in [3.8, 4) is 0 Å². The molecule has 3 rings (SSSR count). The maximum absolute atomic E-state index is 11.3. The summed E-state index contributed by atoms with van der Waals surface area (Å²) in [6.07, 6.45) is 0. The lowest BCUT2D eigenvalue weighted by atomic mass is 10.1. The summed E-state index contributed by atoms with van der Waals surface area (Å²) in [5, 5.41) is 16.9. The molecule has 0 bridgehead atoms. The molecule has 0 spiro atoms. The first kappa shape index (κ1) is 36.5. The van der Waals surface area contributed by atoms with Gasteiger partial charge in [-0.3, -0.25) is 0 Å². The molecular weight excluding hydrogens is 576 g/mol. The maximum Gasteiger partial charge on any atom is 0.338 e. The van der Waals surface area contributed by atoms with Crippen molar-refractivity contribution in [2.75, 3.05) is 26.4 Å². The van der Waals surface area contributed by atoms with Crippen LogP contribution < -0.4 is 0 Å². The molecule has 0 radical (unpaired) electrons. The molecule has 0 fully saturated rings. The number of carbonyl (C=O) groups excluding carboxylic acids is 4. The number of hydrogen-bond donors (Lipinski definition) is 2. The second-order valence-corrected chi connectivity index (χ2v) is 8.22. The lowest BCUT2D eigenvalue weighted by Gasteiger charge is -2.03. The van der Waals surface area contributed by atoms with E-state index in [0.29, 0.717) is 48.7 Å². The zero-order valence-electron chi connectivity index (χ0n) is 24.7. The Bertz CT molecular complexity index is 1210. The topological polar surface area (TPSA) is 180 Å². The van der Waals surface area contributed by atoms with E-state index in [1.807, 2.05) is 0 Å². The molecule has 3 aromatic carbocycles. The van der Waals surface area contributed by atoms with Crippen LogP contribution in [0.5, 0.6) is 0 Å². The molecule has 0 saturated carbocycles. The smallest absolute Gasteiger partial charge is 0.338 e. The number of aromatic carboxylic acids is 2. The summed E-state index contributed by atoms with van der Waals surface area (Å²) in [4.78, 5) is 65.9. The number of benzene rings is 3. The van der Waals surface area contributed by atoms with Crippen molar-refractivity contribution in [2.45, 2.75) is 27.7 Å². The molecule has 234 valence electrons. The van der Waals surface area contributed by atoms with E-state index in [2.05, 4.69) is 0 Å². The fraction of sp³-hybridized carbons (Fsp3) is 0.250. The van der Waals surface area contributed by atoms with Gasteiger partial charge < -0.3 is 29.2 Å². The Balaban J connectivity index is 0.000000334. The zero-order chi connectivity index (χ0) is 33.1. The Morgan fingerprint density at radius 2 is 0.545 bits per heavy atom. The van der Waals surface area contributed by atoms with E-state index >= 15 is 0 Å². The van der Waals surface area contributed by atoms with Crippen LogP contribution in [0.4, 0.5) is 0 Å². The molecule has 0 amide bonds. The van der Waals surface area contributed by atoms with Crippen molar-refractivity contribution in [2.24, 2.45) is 0 Å². The Hall–Kier alpha value is -5.52. The maximum atomic E-state index is 11.3. The average molecular weight is 611 g/mol. The molecular formula is C32H34O12. The Morgan fingerprint density at radius 3 is 0.682 bits per heavy atom. The molecule has 12 heteroatoms. The minimum atomic E-state index is -1.06. The molecule has 0 saturated heterocycles. The van der Waals surface area contributed by atoms with Crippen LogP contribution in [0, 0.1) is 0 Å². The first-order chi connectivity index (χ1) is 21.0. The summed E-state index contributed by atoms with van der Waals surface area (Å²) in [5.41, 5.74) is 1.87. The van der Waals surface area contributed by atoms with Gasteiger partial charge in [0.2, 0.25) is 0 Å². The van der Waals surface area contributed by atoms with Crippen molar-refractivity contribution in [3.05, 3.63) is 106 Å². The van der Waals surface area contributed by atoms with E-state index in [1.165, 1.54) is 24.3 Å². The third-order valence-electron chi connectivity index (χ3n) is 5.19. The summed E-state index contributed by atoms with van der Waals surface area (Å²) in [5.74, 6) is -3.69. The van der Waals surface area contributed by atoms with Crippen LogP contribution in [-0.4, -0.2) is 72.5 Å². The van der Waals surface area contributed by atoms with Crippen LogP contribution in [0.3, 0.4) is 0 Å². The van der Waals surface area contributed by atoms with Crippen molar-refractivity contribution >= 4 is 35.8 Å². The van der Waals surface area contributed by atoms with Crippen LogP contribution in [0.25, 0.3) is 0 Å². The lowest BCUT2D eigenvalue weighted by molar-refractivity contribution is 0.0511. The van der Waals surface area contributed by atoms with Crippen LogP contribution in [-0.2, 0) is 18.9 Å².